The van der Waals surface area contributed by atoms with E-state index >= 15 is 0 Å². The molecule has 1 aliphatic heterocycles. The van der Waals surface area contributed by atoms with Crippen LogP contribution in [-0.2, 0) is 4.79 Å². The summed E-state index contributed by atoms with van der Waals surface area (Å²) < 4.78 is 29.8. The normalized spacial score (nSPS) is 15.6. The number of hydrogen-bond donors (Lipinski definition) is 1. The zero-order chi connectivity index (χ0) is 25.1. The van der Waals surface area contributed by atoms with Crippen molar-refractivity contribution >= 4 is 5.97 Å². The summed E-state index contributed by atoms with van der Waals surface area (Å²) in [5.41, 5.74) is 9.24. The molecule has 0 radical (unpaired) electrons. The van der Waals surface area contributed by atoms with Crippen molar-refractivity contribution in [2.45, 2.75) is 38.7 Å². The average molecular weight is 473 g/mol. The second kappa shape index (κ2) is 9.90. The van der Waals surface area contributed by atoms with E-state index < -0.39 is 23.8 Å². The summed E-state index contributed by atoms with van der Waals surface area (Å²) in [4.78, 5) is 12.5. The molecule has 2 atom stereocenters. The van der Waals surface area contributed by atoms with Crippen molar-refractivity contribution in [3.63, 3.8) is 0 Å². The maximum absolute atomic E-state index is 13.1. The van der Waals surface area contributed by atoms with E-state index in [0.717, 1.165) is 11.1 Å². The van der Waals surface area contributed by atoms with Crippen molar-refractivity contribution in [3.05, 3.63) is 101 Å². The lowest BCUT2D eigenvalue weighted by Gasteiger charge is -2.27. The van der Waals surface area contributed by atoms with Gasteiger partial charge in [0.2, 0.25) is 5.88 Å². The molecule has 0 bridgehead atoms. The highest BCUT2D eigenvalue weighted by molar-refractivity contribution is 5.77. The highest BCUT2D eigenvalue weighted by Crippen LogP contribution is 2.43. The molecular formula is C28H25FN2O4. The number of hydrogen-bond acceptors (Lipinski definition) is 6. The lowest BCUT2D eigenvalue weighted by Crippen LogP contribution is -2.28. The number of nitrogens with zero attached hydrogens (tertiary/aromatic N) is 1. The Morgan fingerprint density at radius 2 is 1.69 bits per heavy atom. The topological polar surface area (TPSA) is 94.6 Å². The zero-order valence-electron chi connectivity index (χ0n) is 19.6. The predicted molar refractivity (Wildman–Crippen MR) is 128 cm³/mol. The molecule has 3 aromatic carbocycles. The molecule has 4 rings (SSSR count). The molecular weight excluding hydrogens is 447 g/mol. The van der Waals surface area contributed by atoms with Crippen molar-refractivity contribution in [1.82, 2.24) is 0 Å². The molecule has 0 aliphatic carbocycles. The third kappa shape index (κ3) is 5.12. The number of allylic oxidation sites excluding steroid dienone is 1. The van der Waals surface area contributed by atoms with E-state index in [4.69, 9.17) is 19.9 Å². The summed E-state index contributed by atoms with van der Waals surface area (Å²) in [6.07, 6.45) is -0.931. The summed E-state index contributed by atoms with van der Waals surface area (Å²) in [6.45, 7) is 5.77. The number of benzene rings is 3. The first-order valence-corrected chi connectivity index (χ1v) is 11.2. The van der Waals surface area contributed by atoms with Crippen LogP contribution >= 0.6 is 0 Å². The van der Waals surface area contributed by atoms with Crippen molar-refractivity contribution in [2.75, 3.05) is 0 Å². The summed E-state index contributed by atoms with van der Waals surface area (Å²) >= 11 is 0. The van der Waals surface area contributed by atoms with Crippen molar-refractivity contribution in [3.8, 4) is 23.3 Å². The van der Waals surface area contributed by atoms with Gasteiger partial charge in [-0.2, -0.15) is 5.26 Å². The van der Waals surface area contributed by atoms with Crippen molar-refractivity contribution in [1.29, 1.82) is 5.26 Å². The Hall–Kier alpha value is -4.31. The molecule has 0 aromatic heterocycles. The van der Waals surface area contributed by atoms with Gasteiger partial charge < -0.3 is 19.9 Å². The monoisotopic (exact) mass is 472 g/mol. The minimum atomic E-state index is -0.931. The number of carbonyl (C=O) groups is 1. The molecule has 0 saturated carbocycles. The van der Waals surface area contributed by atoms with Crippen LogP contribution in [0.15, 0.2) is 78.2 Å². The second-order valence-corrected chi connectivity index (χ2v) is 8.58. The predicted octanol–water partition coefficient (Wildman–Crippen LogP) is 5.54. The van der Waals surface area contributed by atoms with Gasteiger partial charge in [-0.1, -0.05) is 44.2 Å². The maximum atomic E-state index is 13.1. The Morgan fingerprint density at radius 3 is 2.31 bits per heavy atom. The average Bonchev–Trinajstić information content (AvgIpc) is 2.84. The largest absolute Gasteiger partial charge is 0.479 e. The second-order valence-electron chi connectivity index (χ2n) is 8.58. The van der Waals surface area contributed by atoms with Gasteiger partial charge in [0.15, 0.2) is 6.10 Å². The number of nitriles is 1. The third-order valence-electron chi connectivity index (χ3n) is 5.80. The SMILES string of the molecule is CC(Oc1ccc(F)cc1)C(=O)Oc1ccc2c(c1)OC(N)=C(C#N)C2c1ccc(C(C)C)cc1. The van der Waals surface area contributed by atoms with Crippen LogP contribution in [0.5, 0.6) is 17.2 Å². The summed E-state index contributed by atoms with van der Waals surface area (Å²) in [6, 6.07) is 20.5. The van der Waals surface area contributed by atoms with E-state index in [9.17, 15) is 14.4 Å². The fourth-order valence-electron chi connectivity index (χ4n) is 3.88. The molecule has 35 heavy (non-hydrogen) atoms. The van der Waals surface area contributed by atoms with Crippen molar-refractivity contribution < 1.29 is 23.4 Å². The van der Waals surface area contributed by atoms with Crippen LogP contribution in [0.4, 0.5) is 4.39 Å². The summed E-state index contributed by atoms with van der Waals surface area (Å²) in [5, 5.41) is 9.76. The van der Waals surface area contributed by atoms with Crippen LogP contribution in [0.1, 0.15) is 49.3 Å². The van der Waals surface area contributed by atoms with Crippen LogP contribution in [0, 0.1) is 17.1 Å². The van der Waals surface area contributed by atoms with E-state index in [1.54, 1.807) is 18.2 Å². The minimum absolute atomic E-state index is 0.00873. The Labute approximate surface area is 203 Å². The van der Waals surface area contributed by atoms with E-state index in [1.165, 1.54) is 36.8 Å². The number of halogens is 1. The van der Waals surface area contributed by atoms with E-state index in [0.29, 0.717) is 23.0 Å². The molecule has 1 aliphatic rings. The number of esters is 1. The van der Waals surface area contributed by atoms with Gasteiger partial charge in [0.25, 0.3) is 0 Å². The molecule has 2 unspecified atom stereocenters. The molecule has 3 aromatic rings. The first-order valence-electron chi connectivity index (χ1n) is 11.2. The molecule has 0 amide bonds. The molecule has 178 valence electrons. The van der Waals surface area contributed by atoms with Gasteiger partial charge in [-0.15, -0.1) is 0 Å². The van der Waals surface area contributed by atoms with E-state index in [1.807, 2.05) is 24.3 Å². The van der Waals surface area contributed by atoms with Crippen LogP contribution < -0.4 is 19.9 Å². The first kappa shape index (κ1) is 23.8. The number of fused-ring (bicyclic) bond motifs is 1. The van der Waals surface area contributed by atoms with Gasteiger partial charge in [0.05, 0.1) is 5.92 Å². The Bertz CT molecular complexity index is 1310. The van der Waals surface area contributed by atoms with Crippen LogP contribution in [0.25, 0.3) is 0 Å². The van der Waals surface area contributed by atoms with Gasteiger partial charge >= 0.3 is 5.97 Å². The lowest BCUT2D eigenvalue weighted by atomic mass is 9.83. The standard InChI is InChI=1S/C28H25FN2O4/c1-16(2)18-4-6-19(7-5-18)26-23-13-12-22(14-25(23)35-27(31)24(26)15-30)34-28(32)17(3)33-21-10-8-20(29)9-11-21/h4-14,16-17,26H,31H2,1-3H3. The summed E-state index contributed by atoms with van der Waals surface area (Å²) in [7, 11) is 0. The zero-order valence-corrected chi connectivity index (χ0v) is 19.6. The first-order chi connectivity index (χ1) is 16.8. The number of nitrogens with two attached hydrogens (primary N) is 1. The van der Waals surface area contributed by atoms with Crippen LogP contribution in [0.2, 0.25) is 0 Å². The fourth-order valence-corrected chi connectivity index (χ4v) is 3.88. The highest BCUT2D eigenvalue weighted by atomic mass is 19.1. The number of rotatable bonds is 6. The van der Waals surface area contributed by atoms with E-state index in [-0.39, 0.29) is 11.6 Å². The summed E-state index contributed by atoms with van der Waals surface area (Å²) in [5.74, 6) is -0.0606. The smallest absolute Gasteiger partial charge is 0.352 e. The fraction of sp³-hybridized carbons (Fsp3) is 0.214. The molecule has 0 saturated heterocycles. The number of ether oxygens (including phenoxy) is 3. The minimum Gasteiger partial charge on any atom is -0.479 e. The lowest BCUT2D eigenvalue weighted by molar-refractivity contribution is -0.141. The highest BCUT2D eigenvalue weighted by Gasteiger charge is 2.31. The third-order valence-corrected chi connectivity index (χ3v) is 5.80. The molecule has 6 nitrogen and oxygen atoms in total. The number of carbonyl (C=O) groups excluding carboxylic acids is 1. The van der Waals surface area contributed by atoms with Gasteiger partial charge in [-0.25, -0.2) is 9.18 Å². The van der Waals surface area contributed by atoms with Crippen molar-refractivity contribution in [2.24, 2.45) is 5.73 Å². The molecule has 2 N–H and O–H groups in total. The van der Waals surface area contributed by atoms with E-state index in [2.05, 4.69) is 19.9 Å². The molecule has 0 fully saturated rings. The van der Waals surface area contributed by atoms with Gasteiger partial charge in [-0.05, 0) is 54.3 Å². The van der Waals surface area contributed by atoms with Gasteiger partial charge in [0, 0.05) is 11.6 Å². The van der Waals surface area contributed by atoms with Crippen LogP contribution in [0.3, 0.4) is 0 Å². The molecule has 0 spiro atoms. The Morgan fingerprint density at radius 1 is 1.03 bits per heavy atom. The molecule has 1 heterocycles. The quantitative estimate of drug-likeness (QED) is 0.374. The van der Waals surface area contributed by atoms with Gasteiger partial charge in [0.1, 0.15) is 34.7 Å². The van der Waals surface area contributed by atoms with Gasteiger partial charge in [-0.3, -0.25) is 0 Å². The Kier molecular flexibility index (Phi) is 6.74. The maximum Gasteiger partial charge on any atom is 0.352 e. The Balaban J connectivity index is 1.57. The van der Waals surface area contributed by atoms with Crippen LogP contribution in [-0.4, -0.2) is 12.1 Å². The molecule has 7 heteroatoms.